The minimum absolute atomic E-state index is 0.0497. The number of furan rings is 1. The van der Waals surface area contributed by atoms with Crippen molar-refractivity contribution in [2.24, 2.45) is 0 Å². The lowest BCUT2D eigenvalue weighted by molar-refractivity contribution is -0.133. The van der Waals surface area contributed by atoms with E-state index in [9.17, 15) is 9.59 Å². The van der Waals surface area contributed by atoms with Crippen molar-refractivity contribution >= 4 is 11.8 Å². The maximum Gasteiger partial charge on any atom is 0.247 e. The number of rotatable bonds is 3. The van der Waals surface area contributed by atoms with Crippen LogP contribution in [0.3, 0.4) is 0 Å². The lowest BCUT2D eigenvalue weighted by Crippen LogP contribution is -2.46. The molecule has 0 radical (unpaired) electrons. The summed E-state index contributed by atoms with van der Waals surface area (Å²) in [7, 11) is 0. The molecule has 2 aromatic rings. The zero-order valence-electron chi connectivity index (χ0n) is 11.7. The van der Waals surface area contributed by atoms with E-state index < -0.39 is 6.04 Å². The molecule has 3 heterocycles. The fraction of sp³-hybridized carbons (Fsp3) is 0.357. The standard InChI is InChI=1S/C14H16N4O3/c1-10(19)17-8-11-4-5-16-18(11)13(9-17)14(20)15-7-12-3-2-6-21-12/h2-6,13H,7-9H2,1H3,(H,15,20)/t13-/m0/s1. The number of hydrogen-bond acceptors (Lipinski definition) is 4. The van der Waals surface area contributed by atoms with Crippen LogP contribution in [0, 0.1) is 0 Å². The van der Waals surface area contributed by atoms with Gasteiger partial charge in [0, 0.05) is 13.1 Å². The van der Waals surface area contributed by atoms with Crippen LogP contribution in [-0.2, 0) is 22.7 Å². The van der Waals surface area contributed by atoms with Gasteiger partial charge in [0.1, 0.15) is 11.8 Å². The number of nitrogens with one attached hydrogen (secondary N) is 1. The summed E-state index contributed by atoms with van der Waals surface area (Å²) in [4.78, 5) is 25.6. The quantitative estimate of drug-likeness (QED) is 0.901. The normalized spacial score (nSPS) is 17.4. The van der Waals surface area contributed by atoms with Gasteiger partial charge in [-0.1, -0.05) is 0 Å². The van der Waals surface area contributed by atoms with Crippen LogP contribution in [0.1, 0.15) is 24.4 Å². The van der Waals surface area contributed by atoms with Crippen LogP contribution >= 0.6 is 0 Å². The predicted octanol–water partition coefficient (Wildman–Crippen LogP) is 0.696. The minimum atomic E-state index is -0.511. The molecule has 1 atom stereocenters. The van der Waals surface area contributed by atoms with Crippen molar-refractivity contribution in [2.45, 2.75) is 26.1 Å². The number of amides is 2. The zero-order valence-corrected chi connectivity index (χ0v) is 11.7. The van der Waals surface area contributed by atoms with Gasteiger partial charge in [-0.2, -0.15) is 5.10 Å². The van der Waals surface area contributed by atoms with Crippen molar-refractivity contribution in [3.8, 4) is 0 Å². The molecular weight excluding hydrogens is 272 g/mol. The van der Waals surface area contributed by atoms with Crippen LogP contribution in [0.25, 0.3) is 0 Å². The van der Waals surface area contributed by atoms with E-state index in [1.165, 1.54) is 6.92 Å². The fourth-order valence-electron chi connectivity index (χ4n) is 2.43. The smallest absolute Gasteiger partial charge is 0.247 e. The number of hydrogen-bond donors (Lipinski definition) is 1. The Labute approximate surface area is 121 Å². The second kappa shape index (κ2) is 5.43. The highest BCUT2D eigenvalue weighted by Gasteiger charge is 2.31. The van der Waals surface area contributed by atoms with E-state index in [0.717, 1.165) is 5.69 Å². The van der Waals surface area contributed by atoms with Crippen LogP contribution < -0.4 is 5.32 Å². The maximum absolute atomic E-state index is 12.4. The third-order valence-electron chi connectivity index (χ3n) is 3.56. The summed E-state index contributed by atoms with van der Waals surface area (Å²) in [5, 5.41) is 7.01. The Hall–Kier alpha value is -2.57. The molecule has 2 amide bonds. The summed E-state index contributed by atoms with van der Waals surface area (Å²) >= 11 is 0. The molecule has 0 unspecified atom stereocenters. The van der Waals surface area contributed by atoms with Crippen LogP contribution in [0.15, 0.2) is 35.1 Å². The maximum atomic E-state index is 12.4. The first-order valence-electron chi connectivity index (χ1n) is 6.73. The Morgan fingerprint density at radius 3 is 3.05 bits per heavy atom. The van der Waals surface area contributed by atoms with Crippen molar-refractivity contribution in [3.05, 3.63) is 42.1 Å². The summed E-state index contributed by atoms with van der Waals surface area (Å²) in [6.07, 6.45) is 3.21. The van der Waals surface area contributed by atoms with Gasteiger partial charge in [-0.15, -0.1) is 0 Å². The van der Waals surface area contributed by atoms with E-state index in [2.05, 4.69) is 10.4 Å². The van der Waals surface area contributed by atoms with E-state index in [4.69, 9.17) is 4.42 Å². The SMILES string of the molecule is CC(=O)N1Cc2ccnn2[C@H](C(=O)NCc2ccco2)C1. The Morgan fingerprint density at radius 1 is 1.48 bits per heavy atom. The van der Waals surface area contributed by atoms with E-state index >= 15 is 0 Å². The minimum Gasteiger partial charge on any atom is -0.467 e. The van der Waals surface area contributed by atoms with Crippen LogP contribution in [-0.4, -0.2) is 33.0 Å². The Morgan fingerprint density at radius 2 is 2.33 bits per heavy atom. The van der Waals surface area contributed by atoms with Crippen molar-refractivity contribution in [2.75, 3.05) is 6.54 Å². The number of aromatic nitrogens is 2. The summed E-state index contributed by atoms with van der Waals surface area (Å²) < 4.78 is 6.86. The van der Waals surface area contributed by atoms with Crippen molar-refractivity contribution in [3.63, 3.8) is 0 Å². The third kappa shape index (κ3) is 2.67. The van der Waals surface area contributed by atoms with Gasteiger partial charge < -0.3 is 14.6 Å². The molecule has 0 aliphatic carbocycles. The molecule has 7 heteroatoms. The van der Waals surface area contributed by atoms with Gasteiger partial charge in [0.25, 0.3) is 0 Å². The molecule has 3 rings (SSSR count). The molecule has 21 heavy (non-hydrogen) atoms. The average molecular weight is 288 g/mol. The van der Waals surface area contributed by atoms with Crippen LogP contribution in [0.4, 0.5) is 0 Å². The number of carbonyl (C=O) groups is 2. The summed E-state index contributed by atoms with van der Waals surface area (Å²) in [6, 6.07) is 4.87. The van der Waals surface area contributed by atoms with E-state index in [-0.39, 0.29) is 11.8 Å². The van der Waals surface area contributed by atoms with Gasteiger partial charge in [0.15, 0.2) is 0 Å². The first-order chi connectivity index (χ1) is 10.1. The fourth-order valence-corrected chi connectivity index (χ4v) is 2.43. The lowest BCUT2D eigenvalue weighted by atomic mass is 10.1. The molecule has 1 aliphatic heterocycles. The third-order valence-corrected chi connectivity index (χ3v) is 3.56. The summed E-state index contributed by atoms with van der Waals surface area (Å²) in [5.74, 6) is 0.455. The summed E-state index contributed by atoms with van der Waals surface area (Å²) in [6.45, 7) is 2.63. The Balaban J connectivity index is 1.74. The first kappa shape index (κ1) is 13.4. The molecule has 0 fully saturated rings. The topological polar surface area (TPSA) is 80.4 Å². The van der Waals surface area contributed by atoms with Crippen molar-refractivity contribution < 1.29 is 14.0 Å². The molecule has 7 nitrogen and oxygen atoms in total. The van der Waals surface area contributed by atoms with Gasteiger partial charge in [0.05, 0.1) is 31.6 Å². The van der Waals surface area contributed by atoms with Crippen LogP contribution in [0.2, 0.25) is 0 Å². The van der Waals surface area contributed by atoms with Crippen LogP contribution in [0.5, 0.6) is 0 Å². The van der Waals surface area contributed by atoms with Crippen molar-refractivity contribution in [1.29, 1.82) is 0 Å². The van der Waals surface area contributed by atoms with E-state index in [1.54, 1.807) is 34.2 Å². The van der Waals surface area contributed by atoms with Gasteiger partial charge in [0.2, 0.25) is 11.8 Å². The lowest BCUT2D eigenvalue weighted by Gasteiger charge is -2.32. The Kier molecular flexibility index (Phi) is 3.47. The number of fused-ring (bicyclic) bond motifs is 1. The monoisotopic (exact) mass is 288 g/mol. The highest BCUT2D eigenvalue weighted by Crippen LogP contribution is 2.20. The molecule has 1 aliphatic rings. The first-order valence-corrected chi connectivity index (χ1v) is 6.73. The van der Waals surface area contributed by atoms with Gasteiger partial charge in [-0.05, 0) is 18.2 Å². The molecule has 2 aromatic heterocycles. The number of nitrogens with zero attached hydrogens (tertiary/aromatic N) is 3. The summed E-state index contributed by atoms with van der Waals surface area (Å²) in [5.41, 5.74) is 0.856. The number of carbonyl (C=O) groups excluding carboxylic acids is 2. The molecule has 0 saturated carbocycles. The molecule has 0 saturated heterocycles. The molecule has 0 bridgehead atoms. The van der Waals surface area contributed by atoms with Gasteiger partial charge in [-0.25, -0.2) is 0 Å². The molecule has 0 spiro atoms. The molecule has 1 N–H and O–H groups in total. The second-order valence-electron chi connectivity index (χ2n) is 4.98. The van der Waals surface area contributed by atoms with Crippen molar-refractivity contribution in [1.82, 2.24) is 20.0 Å². The highest BCUT2D eigenvalue weighted by molar-refractivity contribution is 5.82. The van der Waals surface area contributed by atoms with Gasteiger partial charge >= 0.3 is 0 Å². The molecular formula is C14H16N4O3. The average Bonchev–Trinajstić information content (AvgIpc) is 3.14. The largest absolute Gasteiger partial charge is 0.467 e. The van der Waals surface area contributed by atoms with E-state index in [0.29, 0.717) is 25.4 Å². The van der Waals surface area contributed by atoms with E-state index in [1.807, 2.05) is 6.07 Å². The Bertz CT molecular complexity index is 647. The zero-order chi connectivity index (χ0) is 14.8. The second-order valence-corrected chi connectivity index (χ2v) is 4.98. The van der Waals surface area contributed by atoms with Gasteiger partial charge in [-0.3, -0.25) is 14.3 Å². The predicted molar refractivity (Wildman–Crippen MR) is 72.9 cm³/mol. The highest BCUT2D eigenvalue weighted by atomic mass is 16.3. The molecule has 110 valence electrons. The molecule has 0 aromatic carbocycles.